The number of aliphatic hydroxyl groups is 1. The maximum atomic E-state index is 11.8. The van der Waals surface area contributed by atoms with Crippen molar-refractivity contribution >= 4 is 14.1 Å². The number of carbonyl (C=O) groups excluding carboxylic acids is 1. The van der Waals surface area contributed by atoms with Gasteiger partial charge in [-0.3, -0.25) is 4.79 Å². The molecule has 1 aromatic rings. The van der Waals surface area contributed by atoms with Crippen LogP contribution >= 0.6 is 0 Å². The molecule has 0 aliphatic carbocycles. The topological polar surface area (TPSA) is 55.8 Å². The van der Waals surface area contributed by atoms with Gasteiger partial charge in [0.05, 0.1) is 31.3 Å². The first-order chi connectivity index (χ1) is 13.9. The maximum Gasteiger partial charge on any atom is 0.210 e. The third-order valence-corrected chi connectivity index (χ3v) is 10.5. The molecule has 4 nitrogen and oxygen atoms in total. The van der Waals surface area contributed by atoms with E-state index in [4.69, 9.17) is 15.6 Å². The van der Waals surface area contributed by atoms with Gasteiger partial charge in [-0.05, 0) is 42.1 Å². The first-order valence-corrected chi connectivity index (χ1v) is 13.4. The van der Waals surface area contributed by atoms with Crippen molar-refractivity contribution in [2.75, 3.05) is 6.61 Å². The zero-order valence-corrected chi connectivity index (χ0v) is 20.6. The van der Waals surface area contributed by atoms with E-state index in [2.05, 4.69) is 39.8 Å². The SMILES string of the molecule is C#CC(=O)[C@@H](C)[C@H](O)C[C@H](OCc1ccccc1)/C(C)=C/CO[Si](C)(C)C(C)(C)C. The van der Waals surface area contributed by atoms with Crippen LogP contribution in [0.1, 0.15) is 46.6 Å². The van der Waals surface area contributed by atoms with Crippen LogP contribution in [-0.2, 0) is 20.6 Å². The third-order valence-electron chi connectivity index (χ3n) is 6.05. The third kappa shape index (κ3) is 8.20. The molecule has 0 aromatic heterocycles. The molecule has 0 saturated carbocycles. The highest BCUT2D eigenvalue weighted by Gasteiger charge is 2.36. The second kappa shape index (κ2) is 11.6. The number of benzene rings is 1. The molecule has 5 heteroatoms. The molecule has 0 saturated heterocycles. The van der Waals surface area contributed by atoms with Crippen molar-refractivity contribution in [3.8, 4) is 12.3 Å². The number of carbonyl (C=O) groups is 1. The van der Waals surface area contributed by atoms with Gasteiger partial charge in [-0.15, -0.1) is 6.42 Å². The van der Waals surface area contributed by atoms with Gasteiger partial charge < -0.3 is 14.3 Å². The largest absolute Gasteiger partial charge is 0.413 e. The van der Waals surface area contributed by atoms with Gasteiger partial charge in [-0.25, -0.2) is 0 Å². The van der Waals surface area contributed by atoms with Crippen LogP contribution in [0.25, 0.3) is 0 Å². The number of ketones is 1. The summed E-state index contributed by atoms with van der Waals surface area (Å²) >= 11 is 0. The van der Waals surface area contributed by atoms with Gasteiger partial charge in [0.2, 0.25) is 5.78 Å². The lowest BCUT2D eigenvalue weighted by Crippen LogP contribution is -2.40. The second-order valence-corrected chi connectivity index (χ2v) is 14.2. The van der Waals surface area contributed by atoms with E-state index >= 15 is 0 Å². The average Bonchev–Trinajstić information content (AvgIpc) is 2.69. The molecule has 30 heavy (non-hydrogen) atoms. The molecule has 0 aliphatic heterocycles. The summed E-state index contributed by atoms with van der Waals surface area (Å²) in [5, 5.41) is 10.7. The van der Waals surface area contributed by atoms with Crippen molar-refractivity contribution in [1.29, 1.82) is 0 Å². The summed E-state index contributed by atoms with van der Waals surface area (Å²) in [4.78, 5) is 11.8. The monoisotopic (exact) mass is 430 g/mol. The number of aliphatic hydroxyl groups excluding tert-OH is 1. The maximum absolute atomic E-state index is 11.8. The Hall–Kier alpha value is -1.71. The summed E-state index contributed by atoms with van der Waals surface area (Å²) in [5.74, 6) is 1.07. The van der Waals surface area contributed by atoms with Crippen molar-refractivity contribution in [3.05, 3.63) is 47.5 Å². The van der Waals surface area contributed by atoms with E-state index < -0.39 is 26.1 Å². The molecular weight excluding hydrogens is 392 g/mol. The van der Waals surface area contributed by atoms with Crippen LogP contribution in [-0.4, -0.2) is 38.0 Å². The Morgan fingerprint density at radius 1 is 1.27 bits per heavy atom. The fourth-order valence-corrected chi connectivity index (χ4v) is 3.55. The Balaban J connectivity index is 2.89. The molecule has 0 radical (unpaired) electrons. The number of rotatable bonds is 11. The normalized spacial score (nSPS) is 15.9. The number of hydrogen-bond acceptors (Lipinski definition) is 4. The van der Waals surface area contributed by atoms with Gasteiger partial charge in [0.15, 0.2) is 8.32 Å². The molecule has 0 fully saturated rings. The van der Waals surface area contributed by atoms with E-state index in [1.165, 1.54) is 0 Å². The van der Waals surface area contributed by atoms with Crippen LogP contribution in [0, 0.1) is 18.3 Å². The summed E-state index contributed by atoms with van der Waals surface area (Å²) in [6.45, 7) is 15.6. The molecule has 0 heterocycles. The summed E-state index contributed by atoms with van der Waals surface area (Å²) in [6.07, 6.45) is 6.32. The predicted octanol–water partition coefficient (Wildman–Crippen LogP) is 5.13. The van der Waals surface area contributed by atoms with Crippen LogP contribution in [0.4, 0.5) is 0 Å². The molecule has 3 atom stereocenters. The average molecular weight is 431 g/mol. The summed E-state index contributed by atoms with van der Waals surface area (Å²) in [7, 11) is -1.85. The van der Waals surface area contributed by atoms with Crippen molar-refractivity contribution in [2.24, 2.45) is 5.92 Å². The van der Waals surface area contributed by atoms with Crippen LogP contribution in [0.3, 0.4) is 0 Å². The molecular formula is C25H38O4Si. The van der Waals surface area contributed by atoms with E-state index in [9.17, 15) is 9.90 Å². The van der Waals surface area contributed by atoms with Gasteiger partial charge in [0, 0.05) is 6.42 Å². The zero-order valence-electron chi connectivity index (χ0n) is 19.6. The molecule has 166 valence electrons. The van der Waals surface area contributed by atoms with Crippen molar-refractivity contribution < 1.29 is 19.1 Å². The Kier molecular flexibility index (Phi) is 10.2. The van der Waals surface area contributed by atoms with Gasteiger partial charge in [0.25, 0.3) is 0 Å². The second-order valence-electron chi connectivity index (χ2n) is 9.41. The lowest BCUT2D eigenvalue weighted by Gasteiger charge is -2.36. The quantitative estimate of drug-likeness (QED) is 0.229. The van der Waals surface area contributed by atoms with E-state index in [1.54, 1.807) is 6.92 Å². The van der Waals surface area contributed by atoms with E-state index in [-0.39, 0.29) is 11.1 Å². The Bertz CT molecular complexity index is 741. The zero-order chi connectivity index (χ0) is 22.9. The van der Waals surface area contributed by atoms with Gasteiger partial charge in [-0.2, -0.15) is 0 Å². The minimum absolute atomic E-state index is 0.138. The molecule has 0 aliphatic rings. The van der Waals surface area contributed by atoms with Crippen LogP contribution < -0.4 is 0 Å². The highest BCUT2D eigenvalue weighted by atomic mass is 28.4. The molecule has 1 N–H and O–H groups in total. The standard InChI is InChI=1S/C25H38O4Si/c1-9-22(26)20(3)23(27)17-24(28-18-21-13-11-10-12-14-21)19(2)15-16-29-30(7,8)25(4,5)6/h1,10-15,20,23-24,27H,16-18H2,2-8H3/b19-15+/t20-,23-,24+/m1/s1. The minimum Gasteiger partial charge on any atom is -0.413 e. The highest BCUT2D eigenvalue weighted by Crippen LogP contribution is 2.36. The first kappa shape index (κ1) is 26.3. The minimum atomic E-state index is -1.85. The highest BCUT2D eigenvalue weighted by molar-refractivity contribution is 6.74. The smallest absolute Gasteiger partial charge is 0.210 e. The van der Waals surface area contributed by atoms with E-state index in [0.717, 1.165) is 11.1 Å². The molecule has 1 rings (SSSR count). The van der Waals surface area contributed by atoms with Crippen LogP contribution in [0.2, 0.25) is 18.1 Å². The summed E-state index contributed by atoms with van der Waals surface area (Å²) < 4.78 is 12.4. The number of Topliss-reactive ketones (excluding diaryl/α,β-unsaturated/α-hetero) is 1. The summed E-state index contributed by atoms with van der Waals surface area (Å²) in [5.41, 5.74) is 2.03. The lowest BCUT2D eigenvalue weighted by atomic mass is 9.93. The molecule has 1 aromatic carbocycles. The molecule has 0 spiro atoms. The van der Waals surface area contributed by atoms with E-state index in [1.807, 2.05) is 43.3 Å². The van der Waals surface area contributed by atoms with Gasteiger partial charge in [-0.1, -0.05) is 64.1 Å². The summed E-state index contributed by atoms with van der Waals surface area (Å²) in [6, 6.07) is 9.88. The number of hydrogen-bond donors (Lipinski definition) is 1. The van der Waals surface area contributed by atoms with Crippen molar-refractivity contribution in [1.82, 2.24) is 0 Å². The van der Waals surface area contributed by atoms with Gasteiger partial charge >= 0.3 is 0 Å². The Labute approximate surface area is 183 Å². The number of ether oxygens (including phenoxy) is 1. The first-order valence-electron chi connectivity index (χ1n) is 10.5. The van der Waals surface area contributed by atoms with Crippen LogP contribution in [0.5, 0.6) is 0 Å². The molecule has 0 unspecified atom stereocenters. The predicted molar refractivity (Wildman–Crippen MR) is 126 cm³/mol. The van der Waals surface area contributed by atoms with Gasteiger partial charge in [0.1, 0.15) is 0 Å². The number of terminal acetylenes is 1. The van der Waals surface area contributed by atoms with E-state index in [0.29, 0.717) is 19.6 Å². The fraction of sp³-hybridized carbons (Fsp3) is 0.560. The Morgan fingerprint density at radius 2 is 1.87 bits per heavy atom. The lowest BCUT2D eigenvalue weighted by molar-refractivity contribution is -0.120. The van der Waals surface area contributed by atoms with Crippen molar-refractivity contribution in [3.63, 3.8) is 0 Å². The Morgan fingerprint density at radius 3 is 2.40 bits per heavy atom. The van der Waals surface area contributed by atoms with Crippen molar-refractivity contribution in [2.45, 2.75) is 78.0 Å². The molecule has 0 amide bonds. The fourth-order valence-electron chi connectivity index (χ4n) is 2.62. The van der Waals surface area contributed by atoms with Crippen LogP contribution in [0.15, 0.2) is 42.0 Å². The molecule has 0 bridgehead atoms.